The van der Waals surface area contributed by atoms with Gasteiger partial charge in [-0.25, -0.2) is 19.0 Å². The number of hydrogen-bond donors (Lipinski definition) is 1. The fraction of sp³-hybridized carbons (Fsp3) is 0.333. The highest BCUT2D eigenvalue weighted by molar-refractivity contribution is 5.87. The normalized spacial score (nSPS) is 11.4. The van der Waals surface area contributed by atoms with Gasteiger partial charge in [-0.05, 0) is 37.1 Å². The average Bonchev–Trinajstić information content (AvgIpc) is 3.09. The zero-order chi connectivity index (χ0) is 21.7. The van der Waals surface area contributed by atoms with Crippen molar-refractivity contribution >= 4 is 23.2 Å². The summed E-state index contributed by atoms with van der Waals surface area (Å²) >= 11 is 0. The van der Waals surface area contributed by atoms with Gasteiger partial charge in [0.25, 0.3) is 5.56 Å². The average molecular weight is 414 g/mol. The molecule has 0 atom stereocenters. The number of hydrogen-bond acceptors (Lipinski definition) is 5. The highest BCUT2D eigenvalue weighted by Gasteiger charge is 2.18. The summed E-state index contributed by atoms with van der Waals surface area (Å²) in [6, 6.07) is 5.81. The summed E-state index contributed by atoms with van der Waals surface area (Å²) in [6.07, 6.45) is 4.28. The molecule has 1 N–H and O–H groups in total. The number of nitrogens with one attached hydrogen (secondary N) is 1. The van der Waals surface area contributed by atoms with Crippen LogP contribution in [0.3, 0.4) is 0 Å². The minimum absolute atomic E-state index is 0.170. The first kappa shape index (κ1) is 21.2. The Bertz CT molecular complexity index is 1210. The smallest absolute Gasteiger partial charge is 0.331 e. The summed E-state index contributed by atoms with van der Waals surface area (Å²) in [6.45, 7) is 4.50. The first-order chi connectivity index (χ1) is 14.4. The molecule has 3 aromatic rings. The van der Waals surface area contributed by atoms with E-state index in [9.17, 15) is 18.8 Å². The quantitative estimate of drug-likeness (QED) is 0.451. The number of fused-ring (bicyclic) bond motifs is 1. The molecule has 2 aromatic heterocycles. The number of unbranched alkanes of at least 4 members (excludes halogenated alkanes) is 1. The van der Waals surface area contributed by atoms with E-state index in [0.717, 1.165) is 12.8 Å². The van der Waals surface area contributed by atoms with Crippen molar-refractivity contribution in [2.24, 2.45) is 0 Å². The van der Waals surface area contributed by atoms with Crippen LogP contribution in [0.5, 0.6) is 0 Å². The number of aryl methyl sites for hydroxylation is 2. The number of carbonyl (C=O) groups excluding carboxylic acids is 1. The van der Waals surface area contributed by atoms with Crippen LogP contribution in [0.2, 0.25) is 0 Å². The Morgan fingerprint density at radius 1 is 1.27 bits per heavy atom. The first-order valence-corrected chi connectivity index (χ1v) is 9.77. The Hall–Kier alpha value is -3.49. The van der Waals surface area contributed by atoms with Crippen molar-refractivity contribution in [2.45, 2.75) is 46.4 Å². The van der Waals surface area contributed by atoms with Crippen LogP contribution in [0.1, 0.15) is 38.1 Å². The maximum absolute atomic E-state index is 13.2. The van der Waals surface area contributed by atoms with Crippen LogP contribution in [0.4, 0.5) is 4.39 Å². The van der Waals surface area contributed by atoms with Gasteiger partial charge in [0, 0.05) is 19.2 Å². The van der Waals surface area contributed by atoms with Crippen molar-refractivity contribution in [1.29, 1.82) is 0 Å². The standard InChI is InChI=1S/C21H23FN4O4/c1-3-5-11-26-19-18(20(28)24-21(26)29)25(4-2)16(23-19)13-30-17(27)10-9-14-7-6-8-15(22)12-14/h6-10,12H,3-5,11,13H2,1-2H3,(H,24,28,29)/b10-9+. The largest absolute Gasteiger partial charge is 0.454 e. The molecule has 0 fully saturated rings. The van der Waals surface area contributed by atoms with Gasteiger partial charge in [0.1, 0.15) is 18.2 Å². The summed E-state index contributed by atoms with van der Waals surface area (Å²) in [5, 5.41) is 0. The van der Waals surface area contributed by atoms with E-state index in [0.29, 0.717) is 24.5 Å². The molecular weight excluding hydrogens is 391 g/mol. The predicted molar refractivity (Wildman–Crippen MR) is 110 cm³/mol. The highest BCUT2D eigenvalue weighted by Crippen LogP contribution is 2.13. The number of benzene rings is 1. The number of carbonyl (C=O) groups is 1. The third-order valence-corrected chi connectivity index (χ3v) is 4.62. The van der Waals surface area contributed by atoms with Gasteiger partial charge in [0.2, 0.25) is 0 Å². The monoisotopic (exact) mass is 414 g/mol. The Kier molecular flexibility index (Phi) is 6.61. The zero-order valence-electron chi connectivity index (χ0n) is 16.9. The predicted octanol–water partition coefficient (Wildman–Crippen LogP) is 2.60. The minimum Gasteiger partial charge on any atom is -0.454 e. The lowest BCUT2D eigenvalue weighted by atomic mass is 10.2. The lowest BCUT2D eigenvalue weighted by molar-refractivity contribution is -0.139. The second-order valence-corrected chi connectivity index (χ2v) is 6.71. The number of aromatic nitrogens is 4. The van der Waals surface area contributed by atoms with Crippen LogP contribution in [-0.2, 0) is 29.2 Å². The van der Waals surface area contributed by atoms with E-state index in [-0.39, 0.29) is 17.8 Å². The summed E-state index contributed by atoms with van der Waals surface area (Å²) in [4.78, 5) is 43.4. The number of imidazole rings is 1. The number of aromatic amines is 1. The third kappa shape index (κ3) is 4.56. The van der Waals surface area contributed by atoms with Crippen molar-refractivity contribution in [2.75, 3.05) is 0 Å². The fourth-order valence-corrected chi connectivity index (χ4v) is 3.15. The van der Waals surface area contributed by atoms with Crippen LogP contribution in [-0.4, -0.2) is 25.1 Å². The Morgan fingerprint density at radius 3 is 2.77 bits per heavy atom. The fourth-order valence-electron chi connectivity index (χ4n) is 3.15. The summed E-state index contributed by atoms with van der Waals surface area (Å²) in [5.41, 5.74) is 0.0399. The van der Waals surface area contributed by atoms with Crippen molar-refractivity contribution < 1.29 is 13.9 Å². The number of ether oxygens (including phenoxy) is 1. The highest BCUT2D eigenvalue weighted by atomic mass is 19.1. The molecule has 0 amide bonds. The molecule has 0 unspecified atom stereocenters. The van der Waals surface area contributed by atoms with Crippen molar-refractivity contribution in [1.82, 2.24) is 19.1 Å². The summed E-state index contributed by atoms with van der Waals surface area (Å²) < 4.78 is 21.5. The van der Waals surface area contributed by atoms with E-state index in [4.69, 9.17) is 4.74 Å². The van der Waals surface area contributed by atoms with Crippen LogP contribution >= 0.6 is 0 Å². The van der Waals surface area contributed by atoms with Gasteiger partial charge >= 0.3 is 11.7 Å². The van der Waals surface area contributed by atoms with E-state index < -0.39 is 23.0 Å². The Balaban J connectivity index is 1.85. The van der Waals surface area contributed by atoms with E-state index in [1.165, 1.54) is 28.9 Å². The van der Waals surface area contributed by atoms with Crippen LogP contribution in [0.15, 0.2) is 39.9 Å². The molecule has 30 heavy (non-hydrogen) atoms. The van der Waals surface area contributed by atoms with Gasteiger partial charge in [-0.3, -0.25) is 14.3 Å². The van der Waals surface area contributed by atoms with Gasteiger partial charge in [0.05, 0.1) is 0 Å². The van der Waals surface area contributed by atoms with Crippen molar-refractivity contribution in [3.05, 3.63) is 68.4 Å². The molecule has 0 spiro atoms. The number of H-pyrrole nitrogens is 1. The molecule has 0 aliphatic rings. The lowest BCUT2D eigenvalue weighted by Gasteiger charge is -2.06. The second kappa shape index (κ2) is 9.34. The van der Waals surface area contributed by atoms with Gasteiger partial charge < -0.3 is 9.30 Å². The molecule has 2 heterocycles. The van der Waals surface area contributed by atoms with Gasteiger partial charge in [-0.1, -0.05) is 25.5 Å². The van der Waals surface area contributed by atoms with E-state index in [1.807, 2.05) is 13.8 Å². The van der Waals surface area contributed by atoms with Gasteiger partial charge in [0.15, 0.2) is 11.2 Å². The van der Waals surface area contributed by atoms with E-state index in [1.54, 1.807) is 16.7 Å². The summed E-state index contributed by atoms with van der Waals surface area (Å²) in [5.74, 6) is -0.672. The first-order valence-electron chi connectivity index (χ1n) is 9.77. The second-order valence-electron chi connectivity index (χ2n) is 6.71. The molecule has 1 aromatic carbocycles. The number of esters is 1. The van der Waals surface area contributed by atoms with E-state index >= 15 is 0 Å². The molecule has 0 radical (unpaired) electrons. The molecule has 0 saturated heterocycles. The summed E-state index contributed by atoms with van der Waals surface area (Å²) in [7, 11) is 0. The topological polar surface area (TPSA) is 99.0 Å². The van der Waals surface area contributed by atoms with Crippen LogP contribution < -0.4 is 11.2 Å². The number of nitrogens with zero attached hydrogens (tertiary/aromatic N) is 3. The van der Waals surface area contributed by atoms with Gasteiger partial charge in [-0.2, -0.15) is 0 Å². The molecular formula is C21H23FN4O4. The zero-order valence-corrected chi connectivity index (χ0v) is 16.9. The number of halogens is 1. The van der Waals surface area contributed by atoms with Crippen LogP contribution in [0.25, 0.3) is 17.2 Å². The SMILES string of the molecule is CCCCn1c(=O)[nH]c(=O)c2c1nc(COC(=O)/C=C/c1cccc(F)c1)n2CC. The molecule has 8 nitrogen and oxygen atoms in total. The van der Waals surface area contributed by atoms with E-state index in [2.05, 4.69) is 9.97 Å². The molecule has 0 bridgehead atoms. The Morgan fingerprint density at radius 2 is 2.07 bits per heavy atom. The van der Waals surface area contributed by atoms with Crippen molar-refractivity contribution in [3.63, 3.8) is 0 Å². The maximum atomic E-state index is 13.2. The van der Waals surface area contributed by atoms with Crippen molar-refractivity contribution in [3.8, 4) is 0 Å². The molecule has 0 aliphatic heterocycles. The Labute approximate surface area is 171 Å². The molecule has 0 aliphatic carbocycles. The number of rotatable bonds is 8. The van der Waals surface area contributed by atoms with Crippen LogP contribution in [0, 0.1) is 5.82 Å². The van der Waals surface area contributed by atoms with Gasteiger partial charge in [-0.15, -0.1) is 0 Å². The molecule has 3 rings (SSSR count). The minimum atomic E-state index is -0.633. The molecule has 158 valence electrons. The molecule has 9 heteroatoms. The maximum Gasteiger partial charge on any atom is 0.331 e. The third-order valence-electron chi connectivity index (χ3n) is 4.62. The lowest BCUT2D eigenvalue weighted by Crippen LogP contribution is -2.31. The molecule has 0 saturated carbocycles.